The number of amides is 1. The molecule has 0 atom stereocenters. The quantitative estimate of drug-likeness (QED) is 0.633. The van der Waals surface area contributed by atoms with Crippen molar-refractivity contribution in [2.45, 2.75) is 6.61 Å². The van der Waals surface area contributed by atoms with Gasteiger partial charge < -0.3 is 9.47 Å². The highest BCUT2D eigenvalue weighted by Crippen LogP contribution is 2.05. The molecule has 0 spiro atoms. The van der Waals surface area contributed by atoms with Crippen LogP contribution >= 0.6 is 0 Å². The van der Waals surface area contributed by atoms with Crippen molar-refractivity contribution in [3.8, 4) is 0 Å². The average Bonchev–Trinajstić information content (AvgIpc) is 2.52. The van der Waals surface area contributed by atoms with Crippen LogP contribution in [0.5, 0.6) is 0 Å². The molecule has 20 heavy (non-hydrogen) atoms. The van der Waals surface area contributed by atoms with E-state index in [1.165, 1.54) is 7.11 Å². The summed E-state index contributed by atoms with van der Waals surface area (Å²) in [6, 6.07) is 18.6. The fourth-order valence-corrected chi connectivity index (χ4v) is 1.64. The molecule has 0 radical (unpaired) electrons. The lowest BCUT2D eigenvalue weighted by molar-refractivity contribution is 0.150. The first-order valence-electron chi connectivity index (χ1n) is 6.18. The maximum absolute atomic E-state index is 11.7. The fraction of sp³-hybridized carbons (Fsp3) is 0.125. The summed E-state index contributed by atoms with van der Waals surface area (Å²) in [5.41, 5.74) is 1.64. The maximum atomic E-state index is 11.7. The minimum Gasteiger partial charge on any atom is -0.480 e. The van der Waals surface area contributed by atoms with Gasteiger partial charge in [0, 0.05) is 5.56 Å². The zero-order valence-electron chi connectivity index (χ0n) is 11.2. The monoisotopic (exact) mass is 269 g/mol. The van der Waals surface area contributed by atoms with Gasteiger partial charge in [-0.2, -0.15) is 0 Å². The fourth-order valence-electron chi connectivity index (χ4n) is 1.64. The van der Waals surface area contributed by atoms with Crippen molar-refractivity contribution in [2.75, 3.05) is 7.11 Å². The SMILES string of the molecule is CO/C(=N\C(=O)OCc1ccccc1)c1ccccc1. The summed E-state index contributed by atoms with van der Waals surface area (Å²) in [6.07, 6.45) is -0.672. The lowest BCUT2D eigenvalue weighted by Gasteiger charge is -2.05. The molecule has 1 amide bonds. The summed E-state index contributed by atoms with van der Waals surface area (Å²) in [5, 5.41) is 0. The molecule has 4 nitrogen and oxygen atoms in total. The molecular weight excluding hydrogens is 254 g/mol. The van der Waals surface area contributed by atoms with Crippen LogP contribution in [0.2, 0.25) is 0 Å². The molecule has 2 aromatic carbocycles. The Morgan fingerprint density at radius 3 is 2.20 bits per heavy atom. The van der Waals surface area contributed by atoms with E-state index in [-0.39, 0.29) is 12.5 Å². The molecule has 2 rings (SSSR count). The Kier molecular flexibility index (Phi) is 4.89. The van der Waals surface area contributed by atoms with Crippen LogP contribution in [0, 0.1) is 0 Å². The normalized spacial score (nSPS) is 10.9. The van der Waals surface area contributed by atoms with Crippen LogP contribution in [0.1, 0.15) is 11.1 Å². The molecule has 0 unspecified atom stereocenters. The third kappa shape index (κ3) is 3.95. The molecule has 0 aromatic heterocycles. The highest BCUT2D eigenvalue weighted by atomic mass is 16.6. The van der Waals surface area contributed by atoms with Gasteiger partial charge in [-0.15, -0.1) is 4.99 Å². The lowest BCUT2D eigenvalue weighted by Crippen LogP contribution is -2.08. The van der Waals surface area contributed by atoms with E-state index >= 15 is 0 Å². The van der Waals surface area contributed by atoms with Crippen molar-refractivity contribution >= 4 is 12.0 Å². The zero-order chi connectivity index (χ0) is 14.2. The zero-order valence-corrected chi connectivity index (χ0v) is 11.2. The summed E-state index contributed by atoms with van der Waals surface area (Å²) in [6.45, 7) is 0.189. The van der Waals surface area contributed by atoms with Crippen molar-refractivity contribution < 1.29 is 14.3 Å². The summed E-state index contributed by atoms with van der Waals surface area (Å²) in [4.78, 5) is 15.5. The molecule has 0 fully saturated rings. The van der Waals surface area contributed by atoms with Gasteiger partial charge in [-0.3, -0.25) is 0 Å². The topological polar surface area (TPSA) is 47.9 Å². The average molecular weight is 269 g/mol. The van der Waals surface area contributed by atoms with E-state index in [9.17, 15) is 4.79 Å². The minimum atomic E-state index is -0.672. The molecule has 4 heteroatoms. The second-order valence-electron chi connectivity index (χ2n) is 4.03. The molecule has 2 aromatic rings. The van der Waals surface area contributed by atoms with Gasteiger partial charge >= 0.3 is 6.09 Å². The van der Waals surface area contributed by atoms with Crippen LogP contribution < -0.4 is 0 Å². The number of nitrogens with zero attached hydrogens (tertiary/aromatic N) is 1. The number of benzene rings is 2. The van der Waals surface area contributed by atoms with Crippen LogP contribution in [-0.4, -0.2) is 19.1 Å². The first-order valence-corrected chi connectivity index (χ1v) is 6.18. The van der Waals surface area contributed by atoms with Crippen molar-refractivity contribution in [1.82, 2.24) is 0 Å². The molecule has 0 heterocycles. The highest BCUT2D eigenvalue weighted by Gasteiger charge is 2.07. The Labute approximate surface area is 117 Å². The van der Waals surface area contributed by atoms with Crippen molar-refractivity contribution in [3.05, 3.63) is 71.8 Å². The van der Waals surface area contributed by atoms with Gasteiger partial charge in [0.05, 0.1) is 7.11 Å². The standard InChI is InChI=1S/C16H15NO3/c1-19-15(14-10-6-3-7-11-14)17-16(18)20-12-13-8-4-2-5-9-13/h2-11H,12H2,1H3/b17-15-. The summed E-state index contributed by atoms with van der Waals surface area (Å²) >= 11 is 0. The Morgan fingerprint density at radius 1 is 1.00 bits per heavy atom. The number of carbonyl (C=O) groups excluding carboxylic acids is 1. The van der Waals surface area contributed by atoms with Crippen LogP contribution in [0.3, 0.4) is 0 Å². The van der Waals surface area contributed by atoms with E-state index in [4.69, 9.17) is 9.47 Å². The number of hydrogen-bond donors (Lipinski definition) is 0. The molecule has 0 aliphatic heterocycles. The molecule has 0 saturated heterocycles. The van der Waals surface area contributed by atoms with Gasteiger partial charge in [-0.05, 0) is 17.7 Å². The first kappa shape index (κ1) is 13.8. The van der Waals surface area contributed by atoms with Crippen molar-refractivity contribution in [2.24, 2.45) is 4.99 Å². The van der Waals surface area contributed by atoms with E-state index < -0.39 is 6.09 Å². The Bertz CT molecular complexity index is 579. The van der Waals surface area contributed by atoms with E-state index in [1.807, 2.05) is 60.7 Å². The number of carbonyl (C=O) groups is 1. The largest absolute Gasteiger partial charge is 0.480 e. The predicted octanol–water partition coefficient (Wildman–Crippen LogP) is 3.42. The minimum absolute atomic E-state index is 0.189. The molecular formula is C16H15NO3. The third-order valence-electron chi connectivity index (χ3n) is 2.61. The Balaban J connectivity index is 2.00. The van der Waals surface area contributed by atoms with Gasteiger partial charge in [0.1, 0.15) is 6.61 Å². The van der Waals surface area contributed by atoms with Crippen LogP contribution in [0.15, 0.2) is 65.7 Å². The molecule has 0 aliphatic carbocycles. The highest BCUT2D eigenvalue weighted by molar-refractivity contribution is 5.99. The van der Waals surface area contributed by atoms with Crippen molar-refractivity contribution in [3.63, 3.8) is 0 Å². The summed E-state index contributed by atoms with van der Waals surface area (Å²) in [7, 11) is 1.47. The number of ether oxygens (including phenoxy) is 2. The van der Waals surface area contributed by atoms with E-state index in [1.54, 1.807) is 0 Å². The van der Waals surface area contributed by atoms with Gasteiger partial charge in [0.2, 0.25) is 5.90 Å². The summed E-state index contributed by atoms with van der Waals surface area (Å²) < 4.78 is 10.2. The predicted molar refractivity (Wildman–Crippen MR) is 76.6 cm³/mol. The van der Waals surface area contributed by atoms with Gasteiger partial charge in [0.25, 0.3) is 0 Å². The second-order valence-corrected chi connectivity index (χ2v) is 4.03. The second kappa shape index (κ2) is 7.09. The summed E-state index contributed by atoms with van der Waals surface area (Å²) in [5.74, 6) is 0.240. The van der Waals surface area contributed by atoms with Crippen LogP contribution in [0.4, 0.5) is 4.79 Å². The van der Waals surface area contributed by atoms with E-state index in [0.29, 0.717) is 0 Å². The van der Waals surface area contributed by atoms with E-state index in [2.05, 4.69) is 4.99 Å². The van der Waals surface area contributed by atoms with Gasteiger partial charge in [0.15, 0.2) is 0 Å². The molecule has 0 bridgehead atoms. The first-order chi connectivity index (χ1) is 9.79. The smallest absolute Gasteiger partial charge is 0.437 e. The molecule has 0 aliphatic rings. The number of methoxy groups -OCH3 is 1. The third-order valence-corrected chi connectivity index (χ3v) is 2.61. The Hall–Kier alpha value is -2.62. The van der Waals surface area contributed by atoms with Crippen LogP contribution in [0.25, 0.3) is 0 Å². The molecule has 0 N–H and O–H groups in total. The van der Waals surface area contributed by atoms with Crippen molar-refractivity contribution in [1.29, 1.82) is 0 Å². The number of rotatable bonds is 3. The number of aliphatic imine (C=N–C) groups is 1. The molecule has 0 saturated carbocycles. The lowest BCUT2D eigenvalue weighted by atomic mass is 10.2. The number of hydrogen-bond acceptors (Lipinski definition) is 3. The van der Waals surface area contributed by atoms with E-state index in [0.717, 1.165) is 11.1 Å². The maximum Gasteiger partial charge on any atom is 0.437 e. The Morgan fingerprint density at radius 2 is 1.60 bits per heavy atom. The van der Waals surface area contributed by atoms with Gasteiger partial charge in [-0.25, -0.2) is 4.79 Å². The van der Waals surface area contributed by atoms with Crippen LogP contribution in [-0.2, 0) is 16.1 Å². The molecule has 102 valence electrons. The van der Waals surface area contributed by atoms with Gasteiger partial charge in [-0.1, -0.05) is 48.5 Å².